The normalized spacial score (nSPS) is 23.7. The lowest BCUT2D eigenvalue weighted by atomic mass is 9.92. The molecule has 1 fully saturated rings. The van der Waals surface area contributed by atoms with E-state index in [1.807, 2.05) is 0 Å². The van der Waals surface area contributed by atoms with E-state index in [1.54, 1.807) is 18.2 Å². The van der Waals surface area contributed by atoms with E-state index in [-0.39, 0.29) is 11.9 Å². The lowest BCUT2D eigenvalue weighted by Gasteiger charge is -2.28. The molecule has 0 aromatic heterocycles. The number of nitrogens with one attached hydrogen (secondary N) is 2. The van der Waals surface area contributed by atoms with Crippen molar-refractivity contribution in [3.63, 3.8) is 0 Å². The molecule has 1 aromatic rings. The molecule has 1 saturated heterocycles. The molecule has 2 N–H and O–H groups in total. The van der Waals surface area contributed by atoms with Crippen LogP contribution >= 0.6 is 23.2 Å². The molecule has 98 valence electrons. The van der Waals surface area contributed by atoms with Gasteiger partial charge < -0.3 is 10.6 Å². The summed E-state index contributed by atoms with van der Waals surface area (Å²) in [6, 6.07) is 4.88. The molecule has 0 aliphatic carbocycles. The molecule has 0 bridgehead atoms. The van der Waals surface area contributed by atoms with Crippen LogP contribution in [0.25, 0.3) is 0 Å². The predicted molar refractivity (Wildman–Crippen MR) is 75.3 cm³/mol. The Bertz CT molecular complexity index is 430. The standard InChI is InChI=1S/C13H16Cl2N2O/c1-8-3-2-4-16-12(8)13(18)17-11-6-9(14)5-10(15)7-11/h5-8,12,16H,2-4H2,1H3,(H,17,18). The van der Waals surface area contributed by atoms with Crippen LogP contribution < -0.4 is 10.6 Å². The zero-order valence-corrected chi connectivity index (χ0v) is 11.7. The summed E-state index contributed by atoms with van der Waals surface area (Å²) in [5.74, 6) is 0.314. The van der Waals surface area contributed by atoms with Crippen molar-refractivity contribution < 1.29 is 4.79 Å². The Hall–Kier alpha value is -0.770. The van der Waals surface area contributed by atoms with Gasteiger partial charge >= 0.3 is 0 Å². The van der Waals surface area contributed by atoms with Gasteiger partial charge in [0.25, 0.3) is 0 Å². The van der Waals surface area contributed by atoms with Gasteiger partial charge in [-0.3, -0.25) is 4.79 Å². The number of anilines is 1. The molecule has 3 nitrogen and oxygen atoms in total. The molecule has 2 rings (SSSR count). The second kappa shape index (κ2) is 5.91. The molecule has 1 aromatic carbocycles. The van der Waals surface area contributed by atoms with Crippen LogP contribution in [0, 0.1) is 5.92 Å². The first kappa shape index (κ1) is 13.7. The minimum absolute atomic E-state index is 0.0273. The van der Waals surface area contributed by atoms with Crippen molar-refractivity contribution in [2.24, 2.45) is 5.92 Å². The van der Waals surface area contributed by atoms with Gasteiger partial charge in [0.05, 0.1) is 6.04 Å². The summed E-state index contributed by atoms with van der Waals surface area (Å²) < 4.78 is 0. The number of rotatable bonds is 2. The lowest BCUT2D eigenvalue weighted by Crippen LogP contribution is -2.48. The number of benzene rings is 1. The van der Waals surface area contributed by atoms with Crippen molar-refractivity contribution in [1.29, 1.82) is 0 Å². The Morgan fingerprint density at radius 1 is 1.33 bits per heavy atom. The molecule has 2 unspecified atom stereocenters. The van der Waals surface area contributed by atoms with E-state index < -0.39 is 0 Å². The number of amides is 1. The molecule has 0 radical (unpaired) electrons. The molecule has 2 atom stereocenters. The molecule has 1 heterocycles. The third-order valence-corrected chi connectivity index (χ3v) is 3.62. The molecule has 5 heteroatoms. The van der Waals surface area contributed by atoms with Crippen molar-refractivity contribution in [1.82, 2.24) is 5.32 Å². The SMILES string of the molecule is CC1CCCNC1C(=O)Nc1cc(Cl)cc(Cl)c1. The maximum absolute atomic E-state index is 12.1. The lowest BCUT2D eigenvalue weighted by molar-refractivity contribution is -0.119. The molecule has 1 amide bonds. The maximum Gasteiger partial charge on any atom is 0.241 e. The predicted octanol–water partition coefficient (Wildman–Crippen LogP) is 3.32. The smallest absolute Gasteiger partial charge is 0.241 e. The first-order valence-corrected chi connectivity index (χ1v) is 6.82. The Morgan fingerprint density at radius 2 is 2.00 bits per heavy atom. The van der Waals surface area contributed by atoms with Gasteiger partial charge in [-0.2, -0.15) is 0 Å². The highest BCUT2D eigenvalue weighted by molar-refractivity contribution is 6.35. The maximum atomic E-state index is 12.1. The van der Waals surface area contributed by atoms with Crippen LogP contribution in [0.5, 0.6) is 0 Å². The van der Waals surface area contributed by atoms with E-state index in [2.05, 4.69) is 17.6 Å². The van der Waals surface area contributed by atoms with E-state index in [0.717, 1.165) is 19.4 Å². The van der Waals surface area contributed by atoms with E-state index in [1.165, 1.54) is 0 Å². The zero-order valence-electron chi connectivity index (χ0n) is 10.2. The summed E-state index contributed by atoms with van der Waals surface area (Å²) in [5.41, 5.74) is 0.636. The molecule has 18 heavy (non-hydrogen) atoms. The minimum atomic E-state index is -0.142. The molecular weight excluding hydrogens is 271 g/mol. The van der Waals surface area contributed by atoms with Crippen LogP contribution in [0.1, 0.15) is 19.8 Å². The van der Waals surface area contributed by atoms with Crippen LogP contribution in [0.4, 0.5) is 5.69 Å². The second-order valence-electron chi connectivity index (χ2n) is 4.70. The second-order valence-corrected chi connectivity index (χ2v) is 5.57. The number of piperidine rings is 1. The van der Waals surface area contributed by atoms with Gasteiger partial charge in [0.15, 0.2) is 0 Å². The first-order chi connectivity index (χ1) is 8.56. The van der Waals surface area contributed by atoms with Crippen LogP contribution in [0.2, 0.25) is 10.0 Å². The Kier molecular flexibility index (Phi) is 4.49. The van der Waals surface area contributed by atoms with Gasteiger partial charge in [0.1, 0.15) is 0 Å². The van der Waals surface area contributed by atoms with Gasteiger partial charge in [-0.1, -0.05) is 30.1 Å². The monoisotopic (exact) mass is 286 g/mol. The van der Waals surface area contributed by atoms with Gasteiger partial charge in [-0.05, 0) is 43.5 Å². The Labute approximate surface area is 117 Å². The summed E-state index contributed by atoms with van der Waals surface area (Å²) in [6.07, 6.45) is 2.19. The summed E-state index contributed by atoms with van der Waals surface area (Å²) >= 11 is 11.8. The molecule has 1 aliphatic heterocycles. The fourth-order valence-corrected chi connectivity index (χ4v) is 2.77. The zero-order chi connectivity index (χ0) is 13.1. The Balaban J connectivity index is 2.06. The summed E-state index contributed by atoms with van der Waals surface area (Å²) in [5, 5.41) is 7.13. The number of carbonyl (C=O) groups excluding carboxylic acids is 1. The van der Waals surface area contributed by atoms with Crippen molar-refractivity contribution in [3.8, 4) is 0 Å². The quantitative estimate of drug-likeness (QED) is 0.876. The highest BCUT2D eigenvalue weighted by atomic mass is 35.5. The fourth-order valence-electron chi connectivity index (χ4n) is 2.25. The number of carbonyl (C=O) groups is 1. The average molecular weight is 287 g/mol. The third-order valence-electron chi connectivity index (χ3n) is 3.18. The average Bonchev–Trinajstić information content (AvgIpc) is 2.27. The highest BCUT2D eigenvalue weighted by Crippen LogP contribution is 2.23. The summed E-state index contributed by atoms with van der Waals surface area (Å²) in [7, 11) is 0. The summed E-state index contributed by atoms with van der Waals surface area (Å²) in [6.45, 7) is 2.97. The van der Waals surface area contributed by atoms with Crippen LogP contribution in [0.15, 0.2) is 18.2 Å². The fraction of sp³-hybridized carbons (Fsp3) is 0.462. The van der Waals surface area contributed by atoms with Gasteiger partial charge in [0.2, 0.25) is 5.91 Å². The Morgan fingerprint density at radius 3 is 2.61 bits per heavy atom. The number of halogens is 2. The van der Waals surface area contributed by atoms with Gasteiger partial charge in [-0.25, -0.2) is 0 Å². The molecular formula is C13H16Cl2N2O. The molecule has 0 saturated carbocycles. The van der Waals surface area contributed by atoms with Crippen molar-refractivity contribution in [2.75, 3.05) is 11.9 Å². The topological polar surface area (TPSA) is 41.1 Å². The number of hydrogen-bond acceptors (Lipinski definition) is 2. The van der Waals surface area contributed by atoms with Crippen molar-refractivity contribution >= 4 is 34.8 Å². The van der Waals surface area contributed by atoms with E-state index in [4.69, 9.17) is 23.2 Å². The van der Waals surface area contributed by atoms with E-state index in [0.29, 0.717) is 21.7 Å². The van der Waals surface area contributed by atoms with Gasteiger partial charge in [-0.15, -0.1) is 0 Å². The minimum Gasteiger partial charge on any atom is -0.325 e. The third kappa shape index (κ3) is 3.37. The van der Waals surface area contributed by atoms with Crippen molar-refractivity contribution in [2.45, 2.75) is 25.8 Å². The van der Waals surface area contributed by atoms with Crippen LogP contribution in [-0.4, -0.2) is 18.5 Å². The van der Waals surface area contributed by atoms with E-state index >= 15 is 0 Å². The molecule has 0 spiro atoms. The van der Waals surface area contributed by atoms with Gasteiger partial charge in [0, 0.05) is 15.7 Å². The highest BCUT2D eigenvalue weighted by Gasteiger charge is 2.27. The van der Waals surface area contributed by atoms with Crippen LogP contribution in [0.3, 0.4) is 0 Å². The van der Waals surface area contributed by atoms with Crippen molar-refractivity contribution in [3.05, 3.63) is 28.2 Å². The molecule has 1 aliphatic rings. The van der Waals surface area contributed by atoms with E-state index in [9.17, 15) is 4.79 Å². The largest absolute Gasteiger partial charge is 0.325 e. The number of hydrogen-bond donors (Lipinski definition) is 2. The first-order valence-electron chi connectivity index (χ1n) is 6.06. The summed E-state index contributed by atoms with van der Waals surface area (Å²) in [4.78, 5) is 12.1. The van der Waals surface area contributed by atoms with Crippen LogP contribution in [-0.2, 0) is 4.79 Å².